The van der Waals surface area contributed by atoms with Crippen LogP contribution >= 0.6 is 22.7 Å². The number of fused-ring (bicyclic) bond motifs is 8. The van der Waals surface area contributed by atoms with Crippen LogP contribution in [0.15, 0.2) is 72.8 Å². The second-order valence-electron chi connectivity index (χ2n) is 7.83. The quantitative estimate of drug-likeness (QED) is 0.244. The van der Waals surface area contributed by atoms with Crippen LogP contribution in [0.3, 0.4) is 0 Å². The minimum Gasteiger partial charge on any atom is -0.354 e. The molecule has 3 heteroatoms. The topological polar surface area (TPSA) is 15.8 Å². The van der Waals surface area contributed by atoms with Crippen LogP contribution in [0.25, 0.3) is 72.9 Å². The molecule has 8 rings (SSSR count). The molecule has 0 spiro atoms. The van der Waals surface area contributed by atoms with E-state index >= 15 is 0 Å². The molecule has 0 atom stereocenters. The van der Waals surface area contributed by atoms with Crippen LogP contribution in [0.4, 0.5) is 0 Å². The minimum atomic E-state index is 1.25. The van der Waals surface area contributed by atoms with Crippen molar-refractivity contribution in [1.29, 1.82) is 0 Å². The molecule has 0 bridgehead atoms. The summed E-state index contributed by atoms with van der Waals surface area (Å²) in [5.74, 6) is 0. The number of aromatic amines is 1. The number of rotatable bonds is 0. The first-order chi connectivity index (χ1) is 14.4. The Balaban J connectivity index is 1.68. The molecule has 0 saturated carbocycles. The predicted octanol–water partition coefficient (Wildman–Crippen LogP) is 8.65. The van der Waals surface area contributed by atoms with Gasteiger partial charge in [0.15, 0.2) is 0 Å². The third-order valence-corrected chi connectivity index (χ3v) is 8.69. The number of aromatic nitrogens is 1. The molecule has 0 aliphatic rings. The van der Waals surface area contributed by atoms with Gasteiger partial charge in [-0.15, -0.1) is 22.7 Å². The van der Waals surface area contributed by atoms with Crippen molar-refractivity contribution in [2.45, 2.75) is 0 Å². The lowest BCUT2D eigenvalue weighted by atomic mass is 9.97. The summed E-state index contributed by atoms with van der Waals surface area (Å²) in [7, 11) is 0. The van der Waals surface area contributed by atoms with E-state index in [-0.39, 0.29) is 0 Å². The average Bonchev–Trinajstić information content (AvgIpc) is 3.42. The molecule has 3 aromatic heterocycles. The largest absolute Gasteiger partial charge is 0.354 e. The molecule has 3 heterocycles. The van der Waals surface area contributed by atoms with Gasteiger partial charge in [-0.1, -0.05) is 48.5 Å². The molecule has 29 heavy (non-hydrogen) atoms. The van der Waals surface area contributed by atoms with Gasteiger partial charge >= 0.3 is 0 Å². The van der Waals surface area contributed by atoms with E-state index in [2.05, 4.69) is 77.8 Å². The second-order valence-corrected chi connectivity index (χ2v) is 9.97. The maximum atomic E-state index is 3.75. The standard InChI is InChI=1S/C26H13NS2/c1-3-7-20-13(5-1)17-11-18-25-16(26(17)29-20)10-9-15-23-14-6-2-4-8-21(14)28-22(23)12-19(27-18)24(15)25/h1-12,27H. The van der Waals surface area contributed by atoms with Gasteiger partial charge in [-0.05, 0) is 29.7 Å². The lowest BCUT2D eigenvalue weighted by molar-refractivity contribution is 1.57. The summed E-state index contributed by atoms with van der Waals surface area (Å²) in [6.45, 7) is 0. The highest BCUT2D eigenvalue weighted by molar-refractivity contribution is 7.27. The van der Waals surface area contributed by atoms with Gasteiger partial charge in [-0.25, -0.2) is 0 Å². The summed E-state index contributed by atoms with van der Waals surface area (Å²) in [5, 5.41) is 11.0. The van der Waals surface area contributed by atoms with Crippen LogP contribution in [0.5, 0.6) is 0 Å². The summed E-state index contributed by atoms with van der Waals surface area (Å²) in [5.41, 5.74) is 2.50. The molecular weight excluding hydrogens is 390 g/mol. The van der Waals surface area contributed by atoms with Gasteiger partial charge < -0.3 is 4.98 Å². The molecule has 5 aromatic carbocycles. The average molecular weight is 404 g/mol. The highest BCUT2D eigenvalue weighted by atomic mass is 32.1. The Morgan fingerprint density at radius 2 is 1.17 bits per heavy atom. The summed E-state index contributed by atoms with van der Waals surface area (Å²) in [4.78, 5) is 3.75. The SMILES string of the molecule is c1ccc2c(c1)sc1c2cc2[nH]c3cc4sc5ccccc5c4c4ccc1c2c34. The van der Waals surface area contributed by atoms with E-state index in [0.717, 1.165) is 0 Å². The van der Waals surface area contributed by atoms with E-state index in [0.29, 0.717) is 0 Å². The third kappa shape index (κ3) is 1.68. The molecule has 0 unspecified atom stereocenters. The van der Waals surface area contributed by atoms with E-state index in [1.54, 1.807) is 0 Å². The first kappa shape index (κ1) is 14.8. The van der Waals surface area contributed by atoms with E-state index in [9.17, 15) is 0 Å². The summed E-state index contributed by atoms with van der Waals surface area (Å²) >= 11 is 3.81. The zero-order valence-corrected chi connectivity index (χ0v) is 16.9. The highest BCUT2D eigenvalue weighted by Gasteiger charge is 2.19. The normalized spacial score (nSPS) is 12.8. The fraction of sp³-hybridized carbons (Fsp3) is 0. The Labute approximate surface area is 173 Å². The Kier molecular flexibility index (Phi) is 2.49. The van der Waals surface area contributed by atoms with Gasteiger partial charge in [-0.2, -0.15) is 0 Å². The fourth-order valence-corrected chi connectivity index (χ4v) is 7.55. The maximum absolute atomic E-state index is 3.75. The van der Waals surface area contributed by atoms with Gasteiger partial charge in [0.05, 0.1) is 0 Å². The van der Waals surface area contributed by atoms with Crippen molar-refractivity contribution in [3.63, 3.8) is 0 Å². The van der Waals surface area contributed by atoms with Crippen LogP contribution in [0.2, 0.25) is 0 Å². The Morgan fingerprint density at radius 1 is 0.483 bits per heavy atom. The molecule has 1 N–H and O–H groups in total. The lowest BCUT2D eigenvalue weighted by Gasteiger charge is -2.05. The van der Waals surface area contributed by atoms with Crippen LogP contribution in [-0.4, -0.2) is 4.98 Å². The zero-order valence-electron chi connectivity index (χ0n) is 15.2. The Hall–Kier alpha value is -3.14. The summed E-state index contributed by atoms with van der Waals surface area (Å²) in [6, 6.07) is 27.0. The van der Waals surface area contributed by atoms with Crippen LogP contribution in [-0.2, 0) is 0 Å². The first-order valence-electron chi connectivity index (χ1n) is 9.79. The van der Waals surface area contributed by atoms with Gasteiger partial charge in [0.25, 0.3) is 0 Å². The number of thiophene rings is 2. The number of H-pyrrole nitrogens is 1. The molecule has 8 aromatic rings. The molecular formula is C26H13NS2. The monoisotopic (exact) mass is 403 g/mol. The molecule has 1 nitrogen and oxygen atoms in total. The minimum absolute atomic E-state index is 1.25. The molecule has 0 radical (unpaired) electrons. The number of benzene rings is 5. The van der Waals surface area contributed by atoms with Crippen molar-refractivity contribution in [3.05, 3.63) is 72.8 Å². The maximum Gasteiger partial charge on any atom is 0.0485 e. The fourth-order valence-electron chi connectivity index (χ4n) is 5.17. The second kappa shape index (κ2) is 4.88. The Bertz CT molecular complexity index is 1910. The van der Waals surface area contributed by atoms with Crippen molar-refractivity contribution in [2.75, 3.05) is 0 Å². The molecule has 0 aliphatic heterocycles. The number of hydrogen-bond acceptors (Lipinski definition) is 2. The van der Waals surface area contributed by atoms with Crippen LogP contribution in [0.1, 0.15) is 0 Å². The van der Waals surface area contributed by atoms with Crippen LogP contribution < -0.4 is 0 Å². The van der Waals surface area contributed by atoms with Gasteiger partial charge in [0, 0.05) is 67.5 Å². The smallest absolute Gasteiger partial charge is 0.0485 e. The number of hydrogen-bond donors (Lipinski definition) is 1. The molecule has 0 fully saturated rings. The van der Waals surface area contributed by atoms with Crippen molar-refractivity contribution in [2.24, 2.45) is 0 Å². The molecule has 134 valence electrons. The molecule has 0 amide bonds. The Morgan fingerprint density at radius 3 is 2.07 bits per heavy atom. The highest BCUT2D eigenvalue weighted by Crippen LogP contribution is 2.47. The zero-order chi connectivity index (χ0) is 18.7. The first-order valence-corrected chi connectivity index (χ1v) is 11.4. The van der Waals surface area contributed by atoms with E-state index in [4.69, 9.17) is 0 Å². The number of nitrogens with one attached hydrogen (secondary N) is 1. The van der Waals surface area contributed by atoms with E-state index in [1.165, 1.54) is 72.9 Å². The van der Waals surface area contributed by atoms with Gasteiger partial charge in [0.2, 0.25) is 0 Å². The molecule has 0 aliphatic carbocycles. The van der Waals surface area contributed by atoms with Crippen molar-refractivity contribution in [3.8, 4) is 0 Å². The van der Waals surface area contributed by atoms with Crippen molar-refractivity contribution in [1.82, 2.24) is 4.98 Å². The van der Waals surface area contributed by atoms with Gasteiger partial charge in [0.1, 0.15) is 0 Å². The van der Waals surface area contributed by atoms with Crippen molar-refractivity contribution < 1.29 is 0 Å². The summed E-state index contributed by atoms with van der Waals surface area (Å²) in [6.07, 6.45) is 0. The van der Waals surface area contributed by atoms with Crippen LogP contribution in [0, 0.1) is 0 Å². The lowest BCUT2D eigenvalue weighted by Crippen LogP contribution is -1.78. The summed E-state index contributed by atoms with van der Waals surface area (Å²) < 4.78 is 5.49. The van der Waals surface area contributed by atoms with Gasteiger partial charge in [-0.3, -0.25) is 0 Å². The molecule has 0 saturated heterocycles. The van der Waals surface area contributed by atoms with E-state index in [1.807, 2.05) is 22.7 Å². The van der Waals surface area contributed by atoms with E-state index < -0.39 is 0 Å². The predicted molar refractivity (Wildman–Crippen MR) is 130 cm³/mol. The third-order valence-electron chi connectivity index (χ3n) is 6.35. The van der Waals surface area contributed by atoms with Crippen molar-refractivity contribution >= 4 is 95.6 Å².